The van der Waals surface area contributed by atoms with E-state index in [-0.39, 0.29) is 16.0 Å². The normalized spacial score (nSPS) is 16.5. The second-order valence-electron chi connectivity index (χ2n) is 6.93. The molecule has 0 atom stereocenters. The van der Waals surface area contributed by atoms with Crippen molar-refractivity contribution in [3.8, 4) is 0 Å². The van der Waals surface area contributed by atoms with Gasteiger partial charge in [-0.3, -0.25) is 10.1 Å². The van der Waals surface area contributed by atoms with Crippen LogP contribution in [0, 0.1) is 15.5 Å². The summed E-state index contributed by atoms with van der Waals surface area (Å²) in [5.74, 6) is 0.752. The van der Waals surface area contributed by atoms with Crippen LogP contribution in [0.5, 0.6) is 0 Å². The summed E-state index contributed by atoms with van der Waals surface area (Å²) in [7, 11) is 1.75. The van der Waals surface area contributed by atoms with Crippen molar-refractivity contribution in [2.75, 3.05) is 26.8 Å². The predicted octanol–water partition coefficient (Wildman–Crippen LogP) is 3.25. The van der Waals surface area contributed by atoms with Crippen LogP contribution in [-0.4, -0.2) is 37.7 Å². The SMILES string of the molecule is CCNC(=NCc1cccc([N+](=O)[O-])c1)NCC1(CCOC)CCCC1. The monoisotopic (exact) mass is 362 g/mol. The first-order chi connectivity index (χ1) is 12.6. The first kappa shape index (κ1) is 20.2. The maximum atomic E-state index is 10.9. The van der Waals surface area contributed by atoms with Crippen molar-refractivity contribution >= 4 is 11.6 Å². The number of guanidine groups is 1. The molecule has 7 heteroatoms. The van der Waals surface area contributed by atoms with Crippen LogP contribution in [0.15, 0.2) is 29.3 Å². The molecule has 0 aromatic heterocycles. The van der Waals surface area contributed by atoms with Crippen LogP contribution in [0.25, 0.3) is 0 Å². The van der Waals surface area contributed by atoms with Crippen LogP contribution < -0.4 is 10.6 Å². The second kappa shape index (κ2) is 10.1. The lowest BCUT2D eigenvalue weighted by molar-refractivity contribution is -0.384. The maximum absolute atomic E-state index is 10.9. The number of rotatable bonds is 9. The number of nitro benzene ring substituents is 1. The number of nitrogens with one attached hydrogen (secondary N) is 2. The van der Waals surface area contributed by atoms with E-state index in [9.17, 15) is 10.1 Å². The van der Waals surface area contributed by atoms with Crippen LogP contribution in [0.2, 0.25) is 0 Å². The number of aliphatic imine (C=N–C) groups is 1. The van der Waals surface area contributed by atoms with E-state index < -0.39 is 0 Å². The van der Waals surface area contributed by atoms with Crippen molar-refractivity contribution in [2.24, 2.45) is 10.4 Å². The zero-order valence-corrected chi connectivity index (χ0v) is 15.8. The molecule has 1 saturated carbocycles. The molecule has 0 saturated heterocycles. The summed E-state index contributed by atoms with van der Waals surface area (Å²) in [6.45, 7) is 4.86. The highest BCUT2D eigenvalue weighted by atomic mass is 16.6. The van der Waals surface area contributed by atoms with E-state index in [0.29, 0.717) is 6.54 Å². The molecule has 26 heavy (non-hydrogen) atoms. The lowest BCUT2D eigenvalue weighted by Gasteiger charge is -2.30. The molecule has 2 N–H and O–H groups in total. The molecule has 1 aliphatic carbocycles. The molecular formula is C19H30N4O3. The highest BCUT2D eigenvalue weighted by molar-refractivity contribution is 5.79. The largest absolute Gasteiger partial charge is 0.385 e. The van der Waals surface area contributed by atoms with E-state index in [1.165, 1.54) is 31.7 Å². The number of ether oxygens (including phenoxy) is 1. The number of nitrogens with zero attached hydrogens (tertiary/aromatic N) is 2. The van der Waals surface area contributed by atoms with E-state index in [2.05, 4.69) is 15.6 Å². The molecule has 0 heterocycles. The molecule has 2 rings (SSSR count). The molecule has 1 aromatic rings. The first-order valence-corrected chi connectivity index (χ1v) is 9.33. The predicted molar refractivity (Wildman–Crippen MR) is 103 cm³/mol. The van der Waals surface area contributed by atoms with Crippen LogP contribution in [0.4, 0.5) is 5.69 Å². The van der Waals surface area contributed by atoms with Crippen LogP contribution in [-0.2, 0) is 11.3 Å². The number of hydrogen-bond acceptors (Lipinski definition) is 4. The summed E-state index contributed by atoms with van der Waals surface area (Å²) in [6, 6.07) is 6.62. The van der Waals surface area contributed by atoms with Gasteiger partial charge in [-0.15, -0.1) is 0 Å². The smallest absolute Gasteiger partial charge is 0.269 e. The highest BCUT2D eigenvalue weighted by Crippen LogP contribution is 2.40. The molecule has 1 fully saturated rings. The minimum absolute atomic E-state index is 0.0973. The lowest BCUT2D eigenvalue weighted by Crippen LogP contribution is -2.43. The van der Waals surface area contributed by atoms with Gasteiger partial charge in [-0.25, -0.2) is 4.99 Å². The fourth-order valence-electron chi connectivity index (χ4n) is 3.51. The fourth-order valence-corrected chi connectivity index (χ4v) is 3.51. The fraction of sp³-hybridized carbons (Fsp3) is 0.632. The van der Waals surface area contributed by atoms with Crippen LogP contribution in [0.3, 0.4) is 0 Å². The van der Waals surface area contributed by atoms with E-state index in [1.807, 2.05) is 13.0 Å². The van der Waals surface area contributed by atoms with E-state index in [0.717, 1.165) is 37.6 Å². The van der Waals surface area contributed by atoms with Crippen molar-refractivity contribution in [3.05, 3.63) is 39.9 Å². The molecule has 7 nitrogen and oxygen atoms in total. The van der Waals surface area contributed by atoms with Gasteiger partial charge in [-0.1, -0.05) is 25.0 Å². The molecule has 0 bridgehead atoms. The molecule has 0 unspecified atom stereocenters. The van der Waals surface area contributed by atoms with Gasteiger partial charge in [0.05, 0.1) is 11.5 Å². The first-order valence-electron chi connectivity index (χ1n) is 9.33. The molecule has 144 valence electrons. The Morgan fingerprint density at radius 3 is 2.77 bits per heavy atom. The van der Waals surface area contributed by atoms with Gasteiger partial charge in [0.15, 0.2) is 5.96 Å². The van der Waals surface area contributed by atoms with Gasteiger partial charge in [0.25, 0.3) is 5.69 Å². The Balaban J connectivity index is 1.99. The third kappa shape index (κ3) is 5.98. The molecule has 0 spiro atoms. The average molecular weight is 362 g/mol. The van der Waals surface area contributed by atoms with Crippen molar-refractivity contribution in [1.29, 1.82) is 0 Å². The number of non-ortho nitro benzene ring substituents is 1. The van der Waals surface area contributed by atoms with Gasteiger partial charge in [0.1, 0.15) is 0 Å². The summed E-state index contributed by atoms with van der Waals surface area (Å²) in [5.41, 5.74) is 1.20. The number of nitro groups is 1. The zero-order chi connectivity index (χ0) is 18.8. The van der Waals surface area contributed by atoms with Crippen molar-refractivity contribution < 1.29 is 9.66 Å². The summed E-state index contributed by atoms with van der Waals surface area (Å²) in [6.07, 6.45) is 6.03. The Morgan fingerprint density at radius 1 is 1.35 bits per heavy atom. The maximum Gasteiger partial charge on any atom is 0.269 e. The standard InChI is InChI=1S/C19H30N4O3/c1-3-20-18(21-14-16-7-6-8-17(13-16)23(24)25)22-15-19(11-12-26-2)9-4-5-10-19/h6-8,13H,3-5,9-12,14-15H2,1-2H3,(H2,20,21,22). The molecule has 0 amide bonds. The number of hydrogen-bond donors (Lipinski definition) is 2. The van der Waals surface area contributed by atoms with E-state index in [4.69, 9.17) is 4.74 Å². The van der Waals surface area contributed by atoms with Gasteiger partial charge < -0.3 is 15.4 Å². The number of methoxy groups -OCH3 is 1. The highest BCUT2D eigenvalue weighted by Gasteiger charge is 2.33. The second-order valence-corrected chi connectivity index (χ2v) is 6.93. The summed E-state index contributed by atoms with van der Waals surface area (Å²) < 4.78 is 5.29. The van der Waals surface area contributed by atoms with Gasteiger partial charge in [0.2, 0.25) is 0 Å². The Kier molecular flexibility index (Phi) is 7.84. The summed E-state index contributed by atoms with van der Waals surface area (Å²) >= 11 is 0. The Labute approximate surface area is 155 Å². The van der Waals surface area contributed by atoms with Gasteiger partial charge >= 0.3 is 0 Å². The van der Waals surface area contributed by atoms with E-state index >= 15 is 0 Å². The average Bonchev–Trinajstić information content (AvgIpc) is 3.12. The van der Waals surface area contributed by atoms with Crippen molar-refractivity contribution in [2.45, 2.75) is 45.6 Å². The summed E-state index contributed by atoms with van der Waals surface area (Å²) in [5, 5.41) is 17.6. The molecule has 0 radical (unpaired) electrons. The summed E-state index contributed by atoms with van der Waals surface area (Å²) in [4.78, 5) is 15.1. The third-order valence-electron chi connectivity index (χ3n) is 5.02. The minimum atomic E-state index is -0.379. The Hall–Kier alpha value is -2.15. The lowest BCUT2D eigenvalue weighted by atomic mass is 9.83. The van der Waals surface area contributed by atoms with Gasteiger partial charge in [-0.2, -0.15) is 0 Å². The molecule has 1 aromatic carbocycles. The zero-order valence-electron chi connectivity index (χ0n) is 15.8. The van der Waals surface area contributed by atoms with E-state index in [1.54, 1.807) is 19.2 Å². The van der Waals surface area contributed by atoms with Gasteiger partial charge in [-0.05, 0) is 37.2 Å². The molecule has 1 aliphatic rings. The minimum Gasteiger partial charge on any atom is -0.385 e. The van der Waals surface area contributed by atoms with Crippen molar-refractivity contribution in [3.63, 3.8) is 0 Å². The Bertz CT molecular complexity index is 613. The van der Waals surface area contributed by atoms with Crippen LogP contribution in [0.1, 0.15) is 44.6 Å². The topological polar surface area (TPSA) is 88.8 Å². The third-order valence-corrected chi connectivity index (χ3v) is 5.02. The number of benzene rings is 1. The molecular weight excluding hydrogens is 332 g/mol. The quantitative estimate of drug-likeness (QED) is 0.305. The van der Waals surface area contributed by atoms with Crippen LogP contribution >= 0.6 is 0 Å². The van der Waals surface area contributed by atoms with Crippen molar-refractivity contribution in [1.82, 2.24) is 10.6 Å². The molecule has 0 aliphatic heterocycles. The van der Waals surface area contributed by atoms with Gasteiger partial charge in [0, 0.05) is 38.9 Å². The Morgan fingerprint density at radius 2 is 2.12 bits per heavy atom.